The Hall–Kier alpha value is -2.10. The van der Waals surface area contributed by atoms with E-state index in [-0.39, 0.29) is 25.7 Å². The molecule has 0 fully saturated rings. The first-order chi connectivity index (χ1) is 11.7. The van der Waals surface area contributed by atoms with E-state index in [1.165, 1.54) is 30.3 Å². The number of aliphatic hydroxyl groups is 1. The molecular weight excluding hydrogens is 308 g/mol. The molecule has 2 aromatic rings. The van der Waals surface area contributed by atoms with Gasteiger partial charge in [0.05, 0.1) is 18.6 Å². The van der Waals surface area contributed by atoms with E-state index in [0.29, 0.717) is 11.1 Å². The van der Waals surface area contributed by atoms with Gasteiger partial charge in [-0.2, -0.15) is 4.98 Å². The number of furan rings is 1. The highest BCUT2D eigenvalue weighted by molar-refractivity contribution is 5.73. The zero-order valence-electron chi connectivity index (χ0n) is 14.1. The van der Waals surface area contributed by atoms with Crippen LogP contribution in [0, 0.1) is 11.8 Å². The SMILES string of the molecule is CCCCCCCC#Cc1cc2cn(COCCO)c(=O)nc2o1. The van der Waals surface area contributed by atoms with E-state index in [2.05, 4.69) is 23.7 Å². The van der Waals surface area contributed by atoms with Gasteiger partial charge in [-0.25, -0.2) is 4.79 Å². The lowest BCUT2D eigenvalue weighted by Crippen LogP contribution is -2.23. The van der Waals surface area contributed by atoms with E-state index in [0.717, 1.165) is 12.8 Å². The number of fused-ring (bicyclic) bond motifs is 1. The largest absolute Gasteiger partial charge is 0.429 e. The monoisotopic (exact) mass is 332 g/mol. The average molecular weight is 332 g/mol. The molecule has 0 saturated carbocycles. The molecule has 2 aromatic heterocycles. The highest BCUT2D eigenvalue weighted by atomic mass is 16.5. The van der Waals surface area contributed by atoms with Gasteiger partial charge in [0.25, 0.3) is 0 Å². The number of aliphatic hydroxyl groups excluding tert-OH is 1. The van der Waals surface area contributed by atoms with E-state index < -0.39 is 5.69 Å². The highest BCUT2D eigenvalue weighted by Gasteiger charge is 2.07. The standard InChI is InChI=1S/C18H24N2O4/c1-2-3-4-5-6-7-8-9-16-12-15-13-20(14-23-11-10-21)18(22)19-17(15)24-16/h12-13,21H,2-7,10-11,14H2,1H3. The predicted molar refractivity (Wildman–Crippen MR) is 91.6 cm³/mol. The number of hydrogen-bond acceptors (Lipinski definition) is 5. The summed E-state index contributed by atoms with van der Waals surface area (Å²) in [6.45, 7) is 2.33. The fourth-order valence-corrected chi connectivity index (χ4v) is 2.30. The van der Waals surface area contributed by atoms with E-state index in [1.807, 2.05) is 0 Å². The Bertz CT molecular complexity index is 752. The summed E-state index contributed by atoms with van der Waals surface area (Å²) in [5.74, 6) is 6.60. The Morgan fingerprint density at radius 1 is 1.33 bits per heavy atom. The first kappa shape index (κ1) is 18.2. The third kappa shape index (κ3) is 5.52. The van der Waals surface area contributed by atoms with Crippen molar-refractivity contribution in [2.45, 2.75) is 52.2 Å². The quantitative estimate of drug-likeness (QED) is 0.564. The molecule has 2 rings (SSSR count). The van der Waals surface area contributed by atoms with Gasteiger partial charge in [-0.05, 0) is 12.3 Å². The molecule has 24 heavy (non-hydrogen) atoms. The Labute approximate surface area is 141 Å². The van der Waals surface area contributed by atoms with Crippen LogP contribution < -0.4 is 5.69 Å². The highest BCUT2D eigenvalue weighted by Crippen LogP contribution is 2.14. The molecule has 0 saturated heterocycles. The number of unbranched alkanes of at least 4 members (excludes halogenated alkanes) is 5. The van der Waals surface area contributed by atoms with Gasteiger partial charge in [-0.3, -0.25) is 4.57 Å². The summed E-state index contributed by atoms with van der Waals surface area (Å²) in [6.07, 6.45) is 8.55. The molecule has 130 valence electrons. The number of nitrogens with zero attached hydrogens (tertiary/aromatic N) is 2. The van der Waals surface area contributed by atoms with Gasteiger partial charge in [0.1, 0.15) is 6.73 Å². The van der Waals surface area contributed by atoms with Gasteiger partial charge < -0.3 is 14.3 Å². The smallest absolute Gasteiger partial charge is 0.352 e. The van der Waals surface area contributed by atoms with E-state index >= 15 is 0 Å². The molecule has 0 spiro atoms. The van der Waals surface area contributed by atoms with Gasteiger partial charge in [-0.1, -0.05) is 38.5 Å². The van der Waals surface area contributed by atoms with Crippen molar-refractivity contribution in [2.24, 2.45) is 0 Å². The van der Waals surface area contributed by atoms with Crippen LogP contribution in [0.2, 0.25) is 0 Å². The third-order valence-electron chi connectivity index (χ3n) is 3.56. The molecule has 0 aliphatic rings. The van der Waals surface area contributed by atoms with Crippen LogP contribution in [-0.2, 0) is 11.5 Å². The van der Waals surface area contributed by atoms with Gasteiger partial charge >= 0.3 is 5.69 Å². The molecule has 6 heteroatoms. The van der Waals surface area contributed by atoms with Crippen molar-refractivity contribution < 1.29 is 14.3 Å². The molecule has 0 atom stereocenters. The lowest BCUT2D eigenvalue weighted by Gasteiger charge is -2.04. The van der Waals surface area contributed by atoms with Crippen LogP contribution in [0.3, 0.4) is 0 Å². The summed E-state index contributed by atoms with van der Waals surface area (Å²) in [5.41, 5.74) is -0.170. The number of aromatic nitrogens is 2. The van der Waals surface area contributed by atoms with Crippen molar-refractivity contribution in [1.29, 1.82) is 0 Å². The molecule has 0 amide bonds. The summed E-state index contributed by atoms with van der Waals surface area (Å²) in [7, 11) is 0. The molecule has 0 radical (unpaired) electrons. The van der Waals surface area contributed by atoms with E-state index in [4.69, 9.17) is 14.3 Å². The second-order valence-electron chi connectivity index (χ2n) is 5.59. The van der Waals surface area contributed by atoms with Gasteiger partial charge in [-0.15, -0.1) is 0 Å². The Balaban J connectivity index is 1.97. The van der Waals surface area contributed by atoms with Crippen LogP contribution in [0.25, 0.3) is 11.1 Å². The van der Waals surface area contributed by atoms with Crippen molar-refractivity contribution in [3.63, 3.8) is 0 Å². The predicted octanol–water partition coefficient (Wildman–Crippen LogP) is 2.67. The van der Waals surface area contributed by atoms with Crippen molar-refractivity contribution in [1.82, 2.24) is 9.55 Å². The topological polar surface area (TPSA) is 77.5 Å². The Kier molecular flexibility index (Phi) is 7.53. The second-order valence-corrected chi connectivity index (χ2v) is 5.59. The summed E-state index contributed by atoms with van der Waals surface area (Å²) >= 11 is 0. The zero-order valence-corrected chi connectivity index (χ0v) is 14.1. The Morgan fingerprint density at radius 3 is 2.96 bits per heavy atom. The van der Waals surface area contributed by atoms with Crippen LogP contribution in [0.4, 0.5) is 0 Å². The molecule has 2 heterocycles. The van der Waals surface area contributed by atoms with Gasteiger partial charge in [0, 0.05) is 18.7 Å². The molecule has 0 aliphatic carbocycles. The van der Waals surface area contributed by atoms with Crippen LogP contribution in [0.1, 0.15) is 51.2 Å². The van der Waals surface area contributed by atoms with Crippen LogP contribution in [-0.4, -0.2) is 27.9 Å². The number of hydrogen-bond donors (Lipinski definition) is 1. The molecule has 0 bridgehead atoms. The van der Waals surface area contributed by atoms with Crippen molar-refractivity contribution in [2.75, 3.05) is 13.2 Å². The van der Waals surface area contributed by atoms with Crippen LogP contribution in [0.15, 0.2) is 21.5 Å². The summed E-state index contributed by atoms with van der Waals surface area (Å²) < 4.78 is 12.0. The van der Waals surface area contributed by atoms with Gasteiger partial charge in [0.15, 0.2) is 5.76 Å². The van der Waals surface area contributed by atoms with Crippen molar-refractivity contribution in [3.8, 4) is 11.8 Å². The molecule has 0 aromatic carbocycles. The maximum Gasteiger partial charge on any atom is 0.352 e. The fourth-order valence-electron chi connectivity index (χ4n) is 2.30. The maximum atomic E-state index is 11.8. The van der Waals surface area contributed by atoms with Crippen LogP contribution >= 0.6 is 0 Å². The molecular formula is C18H24N2O4. The Morgan fingerprint density at radius 2 is 2.17 bits per heavy atom. The summed E-state index contributed by atoms with van der Waals surface area (Å²) in [4.78, 5) is 15.7. The zero-order chi connectivity index (χ0) is 17.2. The molecule has 1 N–H and O–H groups in total. The van der Waals surface area contributed by atoms with Gasteiger partial charge in [0.2, 0.25) is 5.71 Å². The van der Waals surface area contributed by atoms with E-state index in [9.17, 15) is 4.79 Å². The minimum Gasteiger partial charge on any atom is -0.429 e. The first-order valence-corrected chi connectivity index (χ1v) is 8.43. The summed E-state index contributed by atoms with van der Waals surface area (Å²) in [5, 5.41) is 9.40. The first-order valence-electron chi connectivity index (χ1n) is 8.43. The lowest BCUT2D eigenvalue weighted by molar-refractivity contribution is 0.0460. The minimum absolute atomic E-state index is 0.0479. The van der Waals surface area contributed by atoms with Crippen LogP contribution in [0.5, 0.6) is 0 Å². The van der Waals surface area contributed by atoms with E-state index in [1.54, 1.807) is 12.3 Å². The molecule has 6 nitrogen and oxygen atoms in total. The normalized spacial score (nSPS) is 10.8. The lowest BCUT2D eigenvalue weighted by atomic mass is 10.1. The fraction of sp³-hybridized carbons (Fsp3) is 0.556. The third-order valence-corrected chi connectivity index (χ3v) is 3.56. The second kappa shape index (κ2) is 9.91. The average Bonchev–Trinajstić information content (AvgIpc) is 2.96. The molecule has 0 unspecified atom stereocenters. The maximum absolute atomic E-state index is 11.8. The minimum atomic E-state index is -0.453. The van der Waals surface area contributed by atoms with Crippen molar-refractivity contribution >= 4 is 11.1 Å². The number of ether oxygens (including phenoxy) is 1. The van der Waals surface area contributed by atoms with Crippen molar-refractivity contribution in [3.05, 3.63) is 28.5 Å². The summed E-state index contributed by atoms with van der Waals surface area (Å²) in [6, 6.07) is 1.77. The number of rotatable bonds is 9. The molecule has 0 aliphatic heterocycles.